The fourth-order valence-corrected chi connectivity index (χ4v) is 3.73. The molecule has 2 aromatic carbocycles. The van der Waals surface area contributed by atoms with Crippen molar-refractivity contribution in [2.75, 3.05) is 0 Å². The first kappa shape index (κ1) is 17.9. The van der Waals surface area contributed by atoms with Gasteiger partial charge in [0.05, 0.1) is 27.4 Å². The van der Waals surface area contributed by atoms with Crippen LogP contribution in [0.25, 0.3) is 23.1 Å². The Kier molecular flexibility index (Phi) is 4.90. The molecule has 0 saturated heterocycles. The first-order valence-electron chi connectivity index (χ1n) is 8.39. The highest BCUT2D eigenvalue weighted by Crippen LogP contribution is 2.34. The molecule has 0 bridgehead atoms. The van der Waals surface area contributed by atoms with E-state index in [9.17, 15) is 14.3 Å². The van der Waals surface area contributed by atoms with E-state index in [-0.39, 0.29) is 10.5 Å². The average Bonchev–Trinajstić information content (AvgIpc) is 3.11. The smallest absolute Gasteiger partial charge is 0.336 e. The first-order chi connectivity index (χ1) is 13.6. The van der Waals surface area contributed by atoms with E-state index in [0.29, 0.717) is 4.90 Å². The Labute approximate surface area is 163 Å². The maximum atomic E-state index is 14.2. The van der Waals surface area contributed by atoms with Gasteiger partial charge in [-0.2, -0.15) is 5.10 Å². The molecule has 0 fully saturated rings. The third-order valence-electron chi connectivity index (χ3n) is 4.08. The number of nitrogens with zero attached hydrogens (tertiary/aromatic N) is 2. The van der Waals surface area contributed by atoms with Crippen LogP contribution < -0.4 is 0 Å². The topological polar surface area (TPSA) is 78.9 Å². The maximum absolute atomic E-state index is 14.2. The standard InChI is InChI=1S/C21H14FN3O2S/c22-17-6-3-5-16(21(26)27)20(17)28-14-8-9-15-18(24-25-19(15)12-14)10-7-13-4-1-2-11-23-13/h1-12H,(H,24,25)(H,26,27). The molecule has 5 nitrogen and oxygen atoms in total. The summed E-state index contributed by atoms with van der Waals surface area (Å²) in [5.74, 6) is -1.72. The molecule has 7 heteroatoms. The molecule has 0 radical (unpaired) electrons. The summed E-state index contributed by atoms with van der Waals surface area (Å²) in [6.07, 6.45) is 5.46. The monoisotopic (exact) mass is 391 g/mol. The SMILES string of the molecule is O=C(O)c1cccc(F)c1Sc1ccc2c(C=Cc3ccccn3)n[nH]c2c1. The fraction of sp³-hybridized carbons (Fsp3) is 0. The Morgan fingerprint density at radius 3 is 2.79 bits per heavy atom. The van der Waals surface area contributed by atoms with Gasteiger partial charge >= 0.3 is 5.97 Å². The third kappa shape index (κ3) is 3.65. The zero-order valence-electron chi connectivity index (χ0n) is 14.5. The Balaban J connectivity index is 1.64. The molecular formula is C21H14FN3O2S. The number of halogens is 1. The minimum Gasteiger partial charge on any atom is -0.478 e. The Morgan fingerprint density at radius 2 is 2.00 bits per heavy atom. The van der Waals surface area contributed by atoms with Crippen molar-refractivity contribution in [1.29, 1.82) is 0 Å². The molecule has 0 aliphatic rings. The molecule has 2 aromatic heterocycles. The van der Waals surface area contributed by atoms with E-state index < -0.39 is 11.8 Å². The molecule has 2 N–H and O–H groups in total. The summed E-state index contributed by atoms with van der Waals surface area (Å²) in [5, 5.41) is 17.5. The number of aromatic amines is 1. The summed E-state index contributed by atoms with van der Waals surface area (Å²) in [5.41, 5.74) is 2.30. The summed E-state index contributed by atoms with van der Waals surface area (Å²) >= 11 is 1.07. The average molecular weight is 391 g/mol. The minimum atomic E-state index is -1.16. The highest BCUT2D eigenvalue weighted by Gasteiger charge is 2.16. The number of nitrogens with one attached hydrogen (secondary N) is 1. The van der Waals surface area contributed by atoms with Gasteiger partial charge in [0.2, 0.25) is 0 Å². The first-order valence-corrected chi connectivity index (χ1v) is 9.20. The van der Waals surface area contributed by atoms with Gasteiger partial charge in [-0.15, -0.1) is 0 Å². The van der Waals surface area contributed by atoms with Crippen molar-refractivity contribution in [2.24, 2.45) is 0 Å². The van der Waals surface area contributed by atoms with Crippen molar-refractivity contribution in [1.82, 2.24) is 15.2 Å². The number of fused-ring (bicyclic) bond motifs is 1. The predicted octanol–water partition coefficient (Wildman–Crippen LogP) is 5.12. The van der Waals surface area contributed by atoms with Gasteiger partial charge in [0.25, 0.3) is 0 Å². The van der Waals surface area contributed by atoms with Crippen molar-refractivity contribution in [3.63, 3.8) is 0 Å². The number of rotatable bonds is 5. The van der Waals surface area contributed by atoms with E-state index in [2.05, 4.69) is 15.2 Å². The van der Waals surface area contributed by atoms with Crippen molar-refractivity contribution in [3.05, 3.63) is 83.6 Å². The molecular weight excluding hydrogens is 377 g/mol. The molecule has 0 aliphatic heterocycles. The van der Waals surface area contributed by atoms with E-state index in [1.54, 1.807) is 6.20 Å². The number of benzene rings is 2. The number of hydrogen-bond donors (Lipinski definition) is 2. The van der Waals surface area contributed by atoms with Crippen LogP contribution in [0.1, 0.15) is 21.7 Å². The summed E-state index contributed by atoms with van der Waals surface area (Å²) in [6, 6.07) is 15.2. The second kappa shape index (κ2) is 7.66. The number of H-pyrrole nitrogens is 1. The van der Waals surface area contributed by atoms with Crippen LogP contribution in [0.2, 0.25) is 0 Å². The summed E-state index contributed by atoms with van der Waals surface area (Å²) in [4.78, 5) is 16.4. The second-order valence-corrected chi connectivity index (χ2v) is 7.01. The Bertz CT molecular complexity index is 1190. The third-order valence-corrected chi connectivity index (χ3v) is 5.19. The molecule has 0 aliphatic carbocycles. The van der Waals surface area contributed by atoms with Crippen LogP contribution in [-0.2, 0) is 0 Å². The van der Waals surface area contributed by atoms with E-state index >= 15 is 0 Å². The number of hydrogen-bond acceptors (Lipinski definition) is 4. The lowest BCUT2D eigenvalue weighted by atomic mass is 10.2. The van der Waals surface area contributed by atoms with E-state index in [1.807, 2.05) is 48.6 Å². The second-order valence-electron chi connectivity index (χ2n) is 5.93. The van der Waals surface area contributed by atoms with Crippen LogP contribution in [0.15, 0.2) is 70.6 Å². The predicted molar refractivity (Wildman–Crippen MR) is 107 cm³/mol. The molecule has 4 rings (SSSR count). The molecule has 2 heterocycles. The van der Waals surface area contributed by atoms with E-state index in [1.165, 1.54) is 18.2 Å². The molecule has 4 aromatic rings. The van der Waals surface area contributed by atoms with Crippen molar-refractivity contribution >= 4 is 40.8 Å². The van der Waals surface area contributed by atoms with Crippen molar-refractivity contribution in [3.8, 4) is 0 Å². The summed E-state index contributed by atoms with van der Waals surface area (Å²) in [7, 11) is 0. The molecule has 138 valence electrons. The van der Waals surface area contributed by atoms with E-state index in [4.69, 9.17) is 0 Å². The highest BCUT2D eigenvalue weighted by atomic mass is 32.2. The minimum absolute atomic E-state index is 0.0614. The zero-order valence-corrected chi connectivity index (χ0v) is 15.3. The van der Waals surface area contributed by atoms with Crippen molar-refractivity contribution in [2.45, 2.75) is 9.79 Å². The van der Waals surface area contributed by atoms with Crippen molar-refractivity contribution < 1.29 is 14.3 Å². The molecule has 28 heavy (non-hydrogen) atoms. The van der Waals surface area contributed by atoms with Gasteiger partial charge in [0.1, 0.15) is 5.82 Å². The van der Waals surface area contributed by atoms with Gasteiger partial charge in [0, 0.05) is 16.5 Å². The van der Waals surface area contributed by atoms with Crippen LogP contribution in [0.3, 0.4) is 0 Å². The lowest BCUT2D eigenvalue weighted by molar-refractivity contribution is 0.0692. The van der Waals surface area contributed by atoms with Crippen LogP contribution in [0.5, 0.6) is 0 Å². The number of carboxylic acids is 1. The Morgan fingerprint density at radius 1 is 1.11 bits per heavy atom. The Hall–Kier alpha value is -3.45. The highest BCUT2D eigenvalue weighted by molar-refractivity contribution is 7.99. The van der Waals surface area contributed by atoms with Crippen LogP contribution >= 0.6 is 11.8 Å². The fourth-order valence-electron chi connectivity index (χ4n) is 2.75. The maximum Gasteiger partial charge on any atom is 0.336 e. The lowest BCUT2D eigenvalue weighted by Crippen LogP contribution is -2.00. The lowest BCUT2D eigenvalue weighted by Gasteiger charge is -2.07. The van der Waals surface area contributed by atoms with Crippen LogP contribution in [0.4, 0.5) is 4.39 Å². The zero-order chi connectivity index (χ0) is 19.5. The number of pyridine rings is 1. The molecule has 0 saturated carbocycles. The number of carboxylic acid groups (broad SMARTS) is 1. The van der Waals surface area contributed by atoms with Gasteiger partial charge in [0.15, 0.2) is 0 Å². The number of carbonyl (C=O) groups is 1. The van der Waals surface area contributed by atoms with Crippen LogP contribution in [0, 0.1) is 5.82 Å². The van der Waals surface area contributed by atoms with Gasteiger partial charge in [-0.3, -0.25) is 10.1 Å². The van der Waals surface area contributed by atoms with Crippen LogP contribution in [-0.4, -0.2) is 26.3 Å². The van der Waals surface area contributed by atoms with Gasteiger partial charge < -0.3 is 5.11 Å². The van der Waals surface area contributed by atoms with Gasteiger partial charge in [-0.05, 0) is 54.6 Å². The summed E-state index contributed by atoms with van der Waals surface area (Å²) < 4.78 is 14.2. The number of aromatic carboxylic acids is 1. The molecule has 0 unspecified atom stereocenters. The normalized spacial score (nSPS) is 11.3. The summed E-state index contributed by atoms with van der Waals surface area (Å²) in [6.45, 7) is 0. The van der Waals surface area contributed by atoms with Gasteiger partial charge in [-0.25, -0.2) is 9.18 Å². The quantitative estimate of drug-likeness (QED) is 0.494. The van der Waals surface area contributed by atoms with Gasteiger partial charge in [-0.1, -0.05) is 23.9 Å². The largest absolute Gasteiger partial charge is 0.478 e. The molecule has 0 atom stereocenters. The van der Waals surface area contributed by atoms with E-state index in [0.717, 1.165) is 34.1 Å². The molecule has 0 amide bonds. The number of aromatic nitrogens is 3. The molecule has 0 spiro atoms.